The van der Waals surface area contributed by atoms with Crippen LogP contribution in [0.1, 0.15) is 0 Å². The van der Waals surface area contributed by atoms with Crippen LogP contribution in [0.15, 0.2) is 35.1 Å². The van der Waals surface area contributed by atoms with E-state index in [0.29, 0.717) is 16.1 Å². The predicted octanol–water partition coefficient (Wildman–Crippen LogP) is 2.74. The van der Waals surface area contributed by atoms with Gasteiger partial charge in [-0.15, -0.1) is 0 Å². The molecule has 15 heavy (non-hydrogen) atoms. The fraction of sp³-hybridized carbons (Fsp3) is 0. The van der Waals surface area contributed by atoms with Gasteiger partial charge in [0.25, 0.3) is 5.56 Å². The maximum atomic E-state index is 11.5. The third-order valence-electron chi connectivity index (χ3n) is 1.94. The molecule has 76 valence electrons. The van der Waals surface area contributed by atoms with Gasteiger partial charge in [-0.25, -0.2) is 5.10 Å². The monoisotopic (exact) mass is 240 g/mol. The molecule has 0 aliphatic rings. The van der Waals surface area contributed by atoms with Gasteiger partial charge < -0.3 is 0 Å². The zero-order valence-corrected chi connectivity index (χ0v) is 9.01. The summed E-state index contributed by atoms with van der Waals surface area (Å²) in [4.78, 5) is 11.5. The van der Waals surface area contributed by atoms with Gasteiger partial charge in [-0.1, -0.05) is 41.4 Å². The van der Waals surface area contributed by atoms with Crippen molar-refractivity contribution < 1.29 is 0 Å². The molecule has 0 bridgehead atoms. The molecular formula is C10H6Cl2N2O. The van der Waals surface area contributed by atoms with Crippen molar-refractivity contribution in [1.29, 1.82) is 0 Å². The number of rotatable bonds is 1. The van der Waals surface area contributed by atoms with Crippen LogP contribution in [0.5, 0.6) is 0 Å². The van der Waals surface area contributed by atoms with E-state index in [9.17, 15) is 4.79 Å². The molecule has 1 heterocycles. The minimum absolute atomic E-state index is 0.226. The van der Waals surface area contributed by atoms with Crippen molar-refractivity contribution >= 4 is 23.2 Å². The van der Waals surface area contributed by atoms with Gasteiger partial charge in [0.05, 0.1) is 5.56 Å². The van der Waals surface area contributed by atoms with Crippen LogP contribution in [-0.4, -0.2) is 10.2 Å². The number of aromatic nitrogens is 2. The lowest BCUT2D eigenvalue weighted by Crippen LogP contribution is -2.10. The van der Waals surface area contributed by atoms with E-state index >= 15 is 0 Å². The van der Waals surface area contributed by atoms with Crippen molar-refractivity contribution in [3.63, 3.8) is 0 Å². The second kappa shape index (κ2) is 4.04. The zero-order chi connectivity index (χ0) is 10.8. The van der Waals surface area contributed by atoms with E-state index in [1.807, 2.05) is 0 Å². The number of nitrogens with one attached hydrogen (secondary N) is 1. The molecule has 0 unspecified atom stereocenters. The highest BCUT2D eigenvalue weighted by atomic mass is 35.5. The fourth-order valence-electron chi connectivity index (χ4n) is 1.26. The Hall–Kier alpha value is -1.32. The molecule has 5 heteroatoms. The summed E-state index contributed by atoms with van der Waals surface area (Å²) in [6.45, 7) is 0. The average Bonchev–Trinajstić information content (AvgIpc) is 2.23. The van der Waals surface area contributed by atoms with E-state index < -0.39 is 0 Å². The van der Waals surface area contributed by atoms with Crippen LogP contribution in [0.4, 0.5) is 0 Å². The lowest BCUT2D eigenvalue weighted by molar-refractivity contribution is 0.992. The van der Waals surface area contributed by atoms with Crippen LogP contribution in [0, 0.1) is 0 Å². The molecule has 0 spiro atoms. The molecule has 0 aliphatic carbocycles. The summed E-state index contributed by atoms with van der Waals surface area (Å²) in [7, 11) is 0. The second-order valence-corrected chi connectivity index (χ2v) is 3.71. The van der Waals surface area contributed by atoms with Crippen LogP contribution in [-0.2, 0) is 0 Å². The summed E-state index contributed by atoms with van der Waals surface area (Å²) in [5.41, 5.74) is 0.748. The molecule has 0 amide bonds. The van der Waals surface area contributed by atoms with Crippen LogP contribution in [0.3, 0.4) is 0 Å². The van der Waals surface area contributed by atoms with Gasteiger partial charge in [0.15, 0.2) is 0 Å². The molecule has 1 N–H and O–H groups in total. The fourth-order valence-corrected chi connectivity index (χ4v) is 1.65. The topological polar surface area (TPSA) is 45.8 Å². The maximum Gasteiger partial charge on any atom is 0.272 e. The summed E-state index contributed by atoms with van der Waals surface area (Å²) >= 11 is 11.7. The molecular weight excluding hydrogens is 235 g/mol. The average molecular weight is 241 g/mol. The summed E-state index contributed by atoms with van der Waals surface area (Å²) < 4.78 is 0. The lowest BCUT2D eigenvalue weighted by Gasteiger charge is -2.02. The Morgan fingerprint density at radius 2 is 1.87 bits per heavy atom. The number of hydrogen-bond acceptors (Lipinski definition) is 2. The first-order valence-corrected chi connectivity index (χ1v) is 4.94. The lowest BCUT2D eigenvalue weighted by atomic mass is 10.1. The number of halogens is 2. The largest absolute Gasteiger partial charge is 0.272 e. The number of aromatic amines is 1. The van der Waals surface area contributed by atoms with Crippen molar-refractivity contribution in [1.82, 2.24) is 10.2 Å². The molecule has 1 aromatic carbocycles. The van der Waals surface area contributed by atoms with Crippen molar-refractivity contribution in [3.05, 3.63) is 50.9 Å². The molecule has 0 aliphatic heterocycles. The van der Waals surface area contributed by atoms with E-state index in [2.05, 4.69) is 10.2 Å². The van der Waals surface area contributed by atoms with Gasteiger partial charge >= 0.3 is 0 Å². The predicted molar refractivity (Wildman–Crippen MR) is 60.3 cm³/mol. The highest BCUT2D eigenvalue weighted by Crippen LogP contribution is 2.25. The molecule has 0 saturated carbocycles. The minimum atomic E-state index is -0.312. The molecule has 0 fully saturated rings. The van der Waals surface area contributed by atoms with Crippen LogP contribution in [0.2, 0.25) is 10.2 Å². The smallest absolute Gasteiger partial charge is 0.267 e. The summed E-state index contributed by atoms with van der Waals surface area (Å²) in [5.74, 6) is 0. The SMILES string of the molecule is O=c1[nH]nc(Cl)cc1-c1ccccc1Cl. The van der Waals surface area contributed by atoms with Gasteiger partial charge in [-0.05, 0) is 12.1 Å². The van der Waals surface area contributed by atoms with E-state index in [1.165, 1.54) is 6.07 Å². The number of hydrogen-bond donors (Lipinski definition) is 1. The number of nitrogens with zero attached hydrogens (tertiary/aromatic N) is 1. The van der Waals surface area contributed by atoms with Crippen LogP contribution < -0.4 is 5.56 Å². The molecule has 3 nitrogen and oxygen atoms in total. The standard InChI is InChI=1S/C10H6Cl2N2O/c11-8-4-2-1-3-6(8)7-5-9(12)13-14-10(7)15/h1-5H,(H,14,15). The van der Waals surface area contributed by atoms with E-state index in [-0.39, 0.29) is 10.7 Å². The van der Waals surface area contributed by atoms with Gasteiger partial charge in [0, 0.05) is 10.6 Å². The normalized spacial score (nSPS) is 10.3. The molecule has 0 atom stereocenters. The zero-order valence-electron chi connectivity index (χ0n) is 7.50. The van der Waals surface area contributed by atoms with Crippen molar-refractivity contribution in [2.45, 2.75) is 0 Å². The van der Waals surface area contributed by atoms with Gasteiger partial charge in [-0.2, -0.15) is 5.10 Å². The summed E-state index contributed by atoms with van der Waals surface area (Å²) in [6, 6.07) is 8.55. The molecule has 1 aromatic heterocycles. The van der Waals surface area contributed by atoms with Crippen molar-refractivity contribution in [2.24, 2.45) is 0 Å². The Bertz CT molecular complexity index is 551. The Morgan fingerprint density at radius 3 is 2.60 bits per heavy atom. The number of benzene rings is 1. The van der Waals surface area contributed by atoms with Gasteiger partial charge in [-0.3, -0.25) is 4.79 Å². The minimum Gasteiger partial charge on any atom is -0.267 e. The molecule has 0 saturated heterocycles. The Kier molecular flexibility index (Phi) is 2.75. The first-order valence-electron chi connectivity index (χ1n) is 4.18. The molecule has 2 rings (SSSR count). The summed E-state index contributed by atoms with van der Waals surface area (Å²) in [5, 5.41) is 6.61. The first kappa shape index (κ1) is 10.2. The maximum absolute atomic E-state index is 11.5. The van der Waals surface area contributed by atoms with Gasteiger partial charge in [0.2, 0.25) is 0 Å². The van der Waals surface area contributed by atoms with Crippen molar-refractivity contribution in [2.75, 3.05) is 0 Å². The Balaban J connectivity index is 2.69. The highest BCUT2D eigenvalue weighted by Gasteiger charge is 2.07. The van der Waals surface area contributed by atoms with Crippen LogP contribution >= 0.6 is 23.2 Å². The second-order valence-electron chi connectivity index (χ2n) is 2.91. The molecule has 0 radical (unpaired) electrons. The quantitative estimate of drug-likeness (QED) is 0.834. The van der Waals surface area contributed by atoms with Crippen molar-refractivity contribution in [3.8, 4) is 11.1 Å². The summed E-state index contributed by atoms with van der Waals surface area (Å²) in [6.07, 6.45) is 0. The number of H-pyrrole nitrogens is 1. The third kappa shape index (κ3) is 2.03. The Labute approximate surface area is 95.7 Å². The Morgan fingerprint density at radius 1 is 1.13 bits per heavy atom. The van der Waals surface area contributed by atoms with E-state index in [0.717, 1.165) is 0 Å². The first-order chi connectivity index (χ1) is 7.18. The van der Waals surface area contributed by atoms with Gasteiger partial charge in [0.1, 0.15) is 5.15 Å². The van der Waals surface area contributed by atoms with Crippen LogP contribution in [0.25, 0.3) is 11.1 Å². The third-order valence-corrected chi connectivity index (χ3v) is 2.46. The van der Waals surface area contributed by atoms with E-state index in [4.69, 9.17) is 23.2 Å². The van der Waals surface area contributed by atoms with E-state index in [1.54, 1.807) is 24.3 Å². The molecule has 2 aromatic rings. The highest BCUT2D eigenvalue weighted by molar-refractivity contribution is 6.33.